The fraction of sp³-hybridized carbons (Fsp3) is 0.250. The molecule has 0 amide bonds. The van der Waals surface area contributed by atoms with Gasteiger partial charge in [0.15, 0.2) is 0 Å². The van der Waals surface area contributed by atoms with Gasteiger partial charge in [0.2, 0.25) is 0 Å². The third kappa shape index (κ3) is 4.12. The molecule has 0 aliphatic rings. The zero-order chi connectivity index (χ0) is 9.56. The molecule has 1 N–H and O–H groups in total. The second kappa shape index (κ2) is 4.97. The van der Waals surface area contributed by atoms with Gasteiger partial charge in [-0.25, -0.2) is 4.79 Å². The summed E-state index contributed by atoms with van der Waals surface area (Å²) in [5, 5.41) is 16.7. The van der Waals surface area contributed by atoms with E-state index in [0.717, 1.165) is 0 Å². The molecule has 64 valence electrons. The zero-order valence-corrected chi connectivity index (χ0v) is 6.98. The van der Waals surface area contributed by atoms with Gasteiger partial charge in [0.1, 0.15) is 11.6 Å². The topological polar surface area (TPSA) is 64.3 Å². The van der Waals surface area contributed by atoms with Crippen molar-refractivity contribution in [2.75, 3.05) is 14.1 Å². The summed E-state index contributed by atoms with van der Waals surface area (Å²) in [7, 11) is 3.61. The van der Waals surface area contributed by atoms with E-state index in [2.05, 4.69) is 0 Å². The first-order valence-electron chi connectivity index (χ1n) is 3.26. The third-order valence-corrected chi connectivity index (χ3v) is 0.998. The second-order valence-corrected chi connectivity index (χ2v) is 2.30. The van der Waals surface area contributed by atoms with Gasteiger partial charge < -0.3 is 10.0 Å². The number of nitriles is 1. The van der Waals surface area contributed by atoms with Crippen LogP contribution in [0.25, 0.3) is 0 Å². The first kappa shape index (κ1) is 10.2. The summed E-state index contributed by atoms with van der Waals surface area (Å²) in [6, 6.07) is 1.57. The van der Waals surface area contributed by atoms with Gasteiger partial charge in [0.25, 0.3) is 0 Å². The maximum absolute atomic E-state index is 10.3. The zero-order valence-electron chi connectivity index (χ0n) is 6.98. The maximum Gasteiger partial charge on any atom is 0.346 e. The highest BCUT2D eigenvalue weighted by Crippen LogP contribution is 1.92. The number of allylic oxidation sites excluding steroid dienone is 2. The average Bonchev–Trinajstić information content (AvgIpc) is 1.96. The van der Waals surface area contributed by atoms with E-state index in [-0.39, 0.29) is 5.57 Å². The van der Waals surface area contributed by atoms with E-state index in [4.69, 9.17) is 10.4 Å². The van der Waals surface area contributed by atoms with Crippen molar-refractivity contribution in [3.63, 3.8) is 0 Å². The highest BCUT2D eigenvalue weighted by Gasteiger charge is 2.02. The minimum Gasteiger partial charge on any atom is -0.477 e. The Morgan fingerprint density at radius 1 is 1.58 bits per heavy atom. The van der Waals surface area contributed by atoms with Gasteiger partial charge in [-0.2, -0.15) is 5.26 Å². The van der Waals surface area contributed by atoms with Gasteiger partial charge in [-0.15, -0.1) is 0 Å². The lowest BCUT2D eigenvalue weighted by Crippen LogP contribution is -2.00. The summed E-state index contributed by atoms with van der Waals surface area (Å²) in [5.41, 5.74) is -0.270. The van der Waals surface area contributed by atoms with Crippen LogP contribution in [-0.4, -0.2) is 30.1 Å². The average molecular weight is 166 g/mol. The van der Waals surface area contributed by atoms with E-state index < -0.39 is 5.97 Å². The van der Waals surface area contributed by atoms with E-state index in [1.165, 1.54) is 12.2 Å². The summed E-state index contributed by atoms with van der Waals surface area (Å²) < 4.78 is 0. The Labute approximate surface area is 71.0 Å². The number of carbonyl (C=O) groups is 1. The van der Waals surface area contributed by atoms with Crippen molar-refractivity contribution >= 4 is 5.97 Å². The lowest BCUT2D eigenvalue weighted by atomic mass is 10.3. The molecule has 0 aliphatic carbocycles. The molecule has 0 aromatic rings. The standard InChI is InChI=1S/C8H10N2O2/c1-10(2)5-3-4-7(6-9)8(11)12/h3-5H,1-2H3,(H,11,12)/b5-3+,7-4-. The SMILES string of the molecule is CN(C)/C=C/C=C(/C#N)C(=O)O. The van der Waals surface area contributed by atoms with Crippen LogP contribution in [0.2, 0.25) is 0 Å². The molecular formula is C8H10N2O2. The molecule has 0 saturated carbocycles. The van der Waals surface area contributed by atoms with Crippen LogP contribution in [0.1, 0.15) is 0 Å². The minimum absolute atomic E-state index is 0.270. The summed E-state index contributed by atoms with van der Waals surface area (Å²) in [6.07, 6.45) is 4.41. The molecule has 12 heavy (non-hydrogen) atoms. The minimum atomic E-state index is -1.21. The Kier molecular flexibility index (Phi) is 4.24. The molecule has 0 unspecified atom stereocenters. The molecule has 0 atom stereocenters. The number of carboxylic acid groups (broad SMARTS) is 1. The molecule has 4 nitrogen and oxygen atoms in total. The second-order valence-electron chi connectivity index (χ2n) is 2.30. The van der Waals surface area contributed by atoms with Crippen LogP contribution in [-0.2, 0) is 4.79 Å². The Morgan fingerprint density at radius 3 is 2.50 bits per heavy atom. The fourth-order valence-corrected chi connectivity index (χ4v) is 0.468. The van der Waals surface area contributed by atoms with Gasteiger partial charge in [-0.05, 0) is 18.4 Å². The molecule has 0 aliphatic heterocycles. The first-order chi connectivity index (χ1) is 5.57. The van der Waals surface area contributed by atoms with Crippen LogP contribution in [0.15, 0.2) is 23.9 Å². The molecule has 4 heteroatoms. The highest BCUT2D eigenvalue weighted by molar-refractivity contribution is 5.91. The van der Waals surface area contributed by atoms with Crippen LogP contribution < -0.4 is 0 Å². The number of rotatable bonds is 3. The summed E-state index contributed by atoms with van der Waals surface area (Å²) in [5.74, 6) is -1.21. The molecular weight excluding hydrogens is 156 g/mol. The lowest BCUT2D eigenvalue weighted by molar-refractivity contribution is -0.132. The van der Waals surface area contributed by atoms with E-state index >= 15 is 0 Å². The summed E-state index contributed by atoms with van der Waals surface area (Å²) in [6.45, 7) is 0. The molecule has 0 fully saturated rings. The smallest absolute Gasteiger partial charge is 0.346 e. The van der Waals surface area contributed by atoms with Gasteiger partial charge in [-0.1, -0.05) is 0 Å². The Morgan fingerprint density at radius 2 is 2.17 bits per heavy atom. The van der Waals surface area contributed by atoms with Gasteiger partial charge in [0, 0.05) is 14.1 Å². The van der Waals surface area contributed by atoms with Crippen molar-refractivity contribution in [3.05, 3.63) is 23.9 Å². The molecule has 0 aromatic heterocycles. The van der Waals surface area contributed by atoms with Gasteiger partial charge in [0.05, 0.1) is 0 Å². The van der Waals surface area contributed by atoms with Crippen LogP contribution >= 0.6 is 0 Å². The van der Waals surface area contributed by atoms with Crippen molar-refractivity contribution < 1.29 is 9.90 Å². The molecule has 0 aromatic carbocycles. The highest BCUT2D eigenvalue weighted by atomic mass is 16.4. The van der Waals surface area contributed by atoms with E-state index in [1.807, 2.05) is 0 Å². The number of carboxylic acids is 1. The van der Waals surface area contributed by atoms with Crippen molar-refractivity contribution in [2.24, 2.45) is 0 Å². The molecule has 0 radical (unpaired) electrons. The Bertz CT molecular complexity index is 259. The predicted molar refractivity (Wildman–Crippen MR) is 44.2 cm³/mol. The van der Waals surface area contributed by atoms with E-state index in [0.29, 0.717) is 0 Å². The van der Waals surface area contributed by atoms with Gasteiger partial charge in [-0.3, -0.25) is 0 Å². The quantitative estimate of drug-likeness (QED) is 0.378. The van der Waals surface area contributed by atoms with Crippen LogP contribution in [0.5, 0.6) is 0 Å². The van der Waals surface area contributed by atoms with Crippen molar-refractivity contribution in [1.29, 1.82) is 5.26 Å². The van der Waals surface area contributed by atoms with Crippen LogP contribution in [0.3, 0.4) is 0 Å². The van der Waals surface area contributed by atoms with Gasteiger partial charge >= 0.3 is 5.97 Å². The number of nitrogens with zero attached hydrogens (tertiary/aromatic N) is 2. The molecule has 0 heterocycles. The monoisotopic (exact) mass is 166 g/mol. The lowest BCUT2D eigenvalue weighted by Gasteiger charge is -2.00. The normalized spacial score (nSPS) is 11.2. The van der Waals surface area contributed by atoms with Crippen molar-refractivity contribution in [1.82, 2.24) is 4.90 Å². The Hall–Kier alpha value is -1.76. The summed E-state index contributed by atoms with van der Waals surface area (Å²) in [4.78, 5) is 12.0. The maximum atomic E-state index is 10.3. The van der Waals surface area contributed by atoms with Crippen LogP contribution in [0, 0.1) is 11.3 Å². The number of hydrogen-bond donors (Lipinski definition) is 1. The Balaban J connectivity index is 4.35. The largest absolute Gasteiger partial charge is 0.477 e. The molecule has 0 saturated heterocycles. The summed E-state index contributed by atoms with van der Waals surface area (Å²) >= 11 is 0. The third-order valence-electron chi connectivity index (χ3n) is 0.998. The number of aliphatic carboxylic acids is 1. The van der Waals surface area contributed by atoms with Crippen molar-refractivity contribution in [2.45, 2.75) is 0 Å². The number of hydrogen-bond acceptors (Lipinski definition) is 3. The van der Waals surface area contributed by atoms with E-state index in [1.54, 1.807) is 31.3 Å². The van der Waals surface area contributed by atoms with Crippen LogP contribution in [0.4, 0.5) is 0 Å². The fourth-order valence-electron chi connectivity index (χ4n) is 0.468. The van der Waals surface area contributed by atoms with Crippen molar-refractivity contribution in [3.8, 4) is 6.07 Å². The molecule has 0 rings (SSSR count). The molecule has 0 spiro atoms. The van der Waals surface area contributed by atoms with E-state index in [9.17, 15) is 4.79 Å². The predicted octanol–water partition coefficient (Wildman–Crippen LogP) is 0.596. The first-order valence-corrected chi connectivity index (χ1v) is 3.26. The molecule has 0 bridgehead atoms.